The van der Waals surface area contributed by atoms with E-state index in [1.807, 2.05) is 0 Å². The third-order valence-electron chi connectivity index (χ3n) is 3.48. The van der Waals surface area contributed by atoms with E-state index in [0.29, 0.717) is 17.8 Å². The van der Waals surface area contributed by atoms with E-state index >= 15 is 0 Å². The average molecular weight is 412 g/mol. The normalized spacial score (nSPS) is 13.4. The lowest BCUT2D eigenvalue weighted by molar-refractivity contribution is -0.143. The minimum absolute atomic E-state index is 0.0391. The summed E-state index contributed by atoms with van der Waals surface area (Å²) in [7, 11) is 0. The molecular formula is C16H12ClF6N3O. The molecule has 1 unspecified atom stereocenters. The van der Waals surface area contributed by atoms with Gasteiger partial charge >= 0.3 is 12.4 Å². The molecule has 1 atom stereocenters. The predicted molar refractivity (Wildman–Crippen MR) is 84.1 cm³/mol. The van der Waals surface area contributed by atoms with Crippen molar-refractivity contribution in [2.45, 2.75) is 32.2 Å². The lowest BCUT2D eigenvalue weighted by Gasteiger charge is -2.17. The summed E-state index contributed by atoms with van der Waals surface area (Å²) < 4.78 is 77.3. The van der Waals surface area contributed by atoms with Gasteiger partial charge in [-0.2, -0.15) is 26.3 Å². The zero-order valence-corrected chi connectivity index (χ0v) is 14.6. The summed E-state index contributed by atoms with van der Waals surface area (Å²) in [6.07, 6.45) is -8.74. The van der Waals surface area contributed by atoms with E-state index < -0.39 is 41.0 Å². The summed E-state index contributed by atoms with van der Waals surface area (Å²) in [5.74, 6) is -1.14. The van der Waals surface area contributed by atoms with Crippen LogP contribution in [0.5, 0.6) is 0 Å². The number of halogens is 7. The molecular weight excluding hydrogens is 400 g/mol. The molecule has 27 heavy (non-hydrogen) atoms. The molecule has 2 aromatic rings. The Morgan fingerprint density at radius 2 is 1.59 bits per heavy atom. The summed E-state index contributed by atoms with van der Waals surface area (Å²) in [4.78, 5) is 20.1. The Labute approximate surface area is 154 Å². The van der Waals surface area contributed by atoms with Gasteiger partial charge in [-0.25, -0.2) is 4.98 Å². The van der Waals surface area contributed by atoms with Crippen molar-refractivity contribution < 1.29 is 31.1 Å². The minimum atomic E-state index is -5.05. The van der Waals surface area contributed by atoms with E-state index in [-0.39, 0.29) is 16.9 Å². The van der Waals surface area contributed by atoms with Crippen LogP contribution in [0.4, 0.5) is 26.3 Å². The molecule has 11 heteroatoms. The molecule has 0 fully saturated rings. The van der Waals surface area contributed by atoms with Gasteiger partial charge in [-0.1, -0.05) is 11.6 Å². The van der Waals surface area contributed by atoms with Crippen molar-refractivity contribution in [1.82, 2.24) is 15.3 Å². The maximum absolute atomic E-state index is 12.9. The highest BCUT2D eigenvalue weighted by Crippen LogP contribution is 2.36. The van der Waals surface area contributed by atoms with Gasteiger partial charge < -0.3 is 5.32 Å². The van der Waals surface area contributed by atoms with Crippen LogP contribution >= 0.6 is 11.6 Å². The highest BCUT2D eigenvalue weighted by atomic mass is 35.5. The van der Waals surface area contributed by atoms with Gasteiger partial charge in [0.15, 0.2) is 5.15 Å². The number of amides is 1. The topological polar surface area (TPSA) is 54.9 Å². The number of hydrogen-bond acceptors (Lipinski definition) is 3. The molecule has 0 radical (unpaired) electrons. The number of nitrogens with one attached hydrogen (secondary N) is 1. The Bertz CT molecular complexity index is 834. The van der Waals surface area contributed by atoms with Crippen molar-refractivity contribution in [1.29, 1.82) is 0 Å². The fourth-order valence-electron chi connectivity index (χ4n) is 2.18. The number of rotatable bonds is 3. The van der Waals surface area contributed by atoms with Gasteiger partial charge in [0.1, 0.15) is 0 Å². The zero-order valence-electron chi connectivity index (χ0n) is 13.8. The van der Waals surface area contributed by atoms with Gasteiger partial charge in [-0.05, 0) is 32.0 Å². The molecule has 1 heterocycles. The highest BCUT2D eigenvalue weighted by molar-refractivity contribution is 6.30. The van der Waals surface area contributed by atoms with E-state index in [0.717, 1.165) is 0 Å². The first-order valence-corrected chi connectivity index (χ1v) is 7.76. The Morgan fingerprint density at radius 3 is 2.04 bits per heavy atom. The number of alkyl halides is 6. The number of hydrogen-bond donors (Lipinski definition) is 1. The second kappa shape index (κ2) is 7.34. The van der Waals surface area contributed by atoms with Crippen LogP contribution in [0.15, 0.2) is 24.4 Å². The maximum Gasteiger partial charge on any atom is 0.416 e. The summed E-state index contributed by atoms with van der Waals surface area (Å²) in [5, 5.41) is 2.23. The lowest BCUT2D eigenvalue weighted by atomic mass is 10.0. The van der Waals surface area contributed by atoms with Gasteiger partial charge in [0.05, 0.1) is 28.6 Å². The molecule has 0 aliphatic heterocycles. The molecule has 1 N–H and O–H groups in total. The summed E-state index contributed by atoms with van der Waals surface area (Å²) in [6, 6.07) is -0.260. The van der Waals surface area contributed by atoms with Gasteiger partial charge in [-0.3, -0.25) is 9.78 Å². The van der Waals surface area contributed by atoms with E-state index in [4.69, 9.17) is 11.6 Å². The molecule has 0 saturated heterocycles. The molecule has 1 aromatic heterocycles. The second-order valence-electron chi connectivity index (χ2n) is 5.68. The quantitative estimate of drug-likeness (QED) is 0.726. The van der Waals surface area contributed by atoms with Gasteiger partial charge in [0, 0.05) is 11.8 Å². The van der Waals surface area contributed by atoms with E-state index in [1.165, 1.54) is 13.1 Å². The van der Waals surface area contributed by atoms with Crippen LogP contribution in [-0.2, 0) is 12.4 Å². The molecule has 2 rings (SSSR count). The number of benzene rings is 1. The van der Waals surface area contributed by atoms with E-state index in [9.17, 15) is 31.1 Å². The SMILES string of the molecule is Cc1cnc(C(C)NC(=O)c2cc(C(F)(F)F)cc(C(F)(F)F)c2)c(Cl)n1. The Kier molecular flexibility index (Phi) is 5.69. The van der Waals surface area contributed by atoms with Crippen LogP contribution in [0.25, 0.3) is 0 Å². The van der Waals surface area contributed by atoms with Crippen molar-refractivity contribution >= 4 is 17.5 Å². The number of carbonyl (C=O) groups is 1. The number of aryl methyl sites for hydroxylation is 1. The van der Waals surface area contributed by atoms with Crippen molar-refractivity contribution in [3.8, 4) is 0 Å². The summed E-state index contributed by atoms with van der Waals surface area (Å²) in [5.41, 5.74) is -3.33. The third-order valence-corrected chi connectivity index (χ3v) is 3.76. The van der Waals surface area contributed by atoms with Crippen molar-refractivity contribution in [3.63, 3.8) is 0 Å². The van der Waals surface area contributed by atoms with Crippen LogP contribution in [0, 0.1) is 6.92 Å². The number of aromatic nitrogens is 2. The number of carbonyl (C=O) groups excluding carboxylic acids is 1. The van der Waals surface area contributed by atoms with Crippen molar-refractivity contribution in [2.24, 2.45) is 0 Å². The first-order valence-electron chi connectivity index (χ1n) is 7.38. The van der Waals surface area contributed by atoms with Gasteiger partial charge in [0.2, 0.25) is 0 Å². The van der Waals surface area contributed by atoms with Gasteiger partial charge in [0.25, 0.3) is 5.91 Å². The minimum Gasteiger partial charge on any atom is -0.344 e. The maximum atomic E-state index is 12.9. The molecule has 0 bridgehead atoms. The highest BCUT2D eigenvalue weighted by Gasteiger charge is 2.37. The first-order chi connectivity index (χ1) is 12.3. The summed E-state index contributed by atoms with van der Waals surface area (Å²) in [6.45, 7) is 3.04. The fourth-order valence-corrected chi connectivity index (χ4v) is 2.53. The second-order valence-corrected chi connectivity index (χ2v) is 6.04. The molecule has 0 spiro atoms. The first kappa shape index (κ1) is 20.9. The standard InChI is InChI=1S/C16H12ClF6N3O/c1-7-6-24-12(13(17)25-7)8(2)26-14(27)9-3-10(15(18,19)20)5-11(4-9)16(21,22)23/h3-6,8H,1-2H3,(H,26,27). The average Bonchev–Trinajstić information content (AvgIpc) is 2.52. The molecule has 0 aliphatic carbocycles. The third kappa shape index (κ3) is 5.09. The molecule has 1 amide bonds. The zero-order chi connectivity index (χ0) is 20.6. The number of nitrogens with zero attached hydrogens (tertiary/aromatic N) is 2. The molecule has 146 valence electrons. The fraction of sp³-hybridized carbons (Fsp3) is 0.312. The monoisotopic (exact) mass is 411 g/mol. The van der Waals surface area contributed by atoms with E-state index in [2.05, 4.69) is 15.3 Å². The van der Waals surface area contributed by atoms with Crippen molar-refractivity contribution in [3.05, 3.63) is 57.6 Å². The van der Waals surface area contributed by atoms with Crippen molar-refractivity contribution in [2.75, 3.05) is 0 Å². The predicted octanol–water partition coefficient (Wildman–Crippen LogP) is 4.97. The Balaban J connectivity index is 2.37. The smallest absolute Gasteiger partial charge is 0.344 e. The van der Waals surface area contributed by atoms with E-state index in [1.54, 1.807) is 6.92 Å². The van der Waals surface area contributed by atoms with Crippen LogP contribution < -0.4 is 5.32 Å². The van der Waals surface area contributed by atoms with Gasteiger partial charge in [-0.15, -0.1) is 0 Å². The van der Waals surface area contributed by atoms with Crippen LogP contribution in [0.3, 0.4) is 0 Å². The Morgan fingerprint density at radius 1 is 1.07 bits per heavy atom. The largest absolute Gasteiger partial charge is 0.416 e. The summed E-state index contributed by atoms with van der Waals surface area (Å²) >= 11 is 5.90. The molecule has 4 nitrogen and oxygen atoms in total. The Hall–Kier alpha value is -2.36. The van der Waals surface area contributed by atoms with Crippen LogP contribution in [0.2, 0.25) is 5.15 Å². The molecule has 1 aromatic carbocycles. The van der Waals surface area contributed by atoms with Crippen LogP contribution in [-0.4, -0.2) is 15.9 Å². The van der Waals surface area contributed by atoms with Crippen LogP contribution in [0.1, 0.15) is 45.8 Å². The molecule has 0 aliphatic rings. The lowest BCUT2D eigenvalue weighted by Crippen LogP contribution is -2.28. The molecule has 0 saturated carbocycles.